The fourth-order valence-corrected chi connectivity index (χ4v) is 3.10. The Bertz CT molecular complexity index is 980. The third kappa shape index (κ3) is 6.71. The van der Waals surface area contributed by atoms with Gasteiger partial charge in [-0.15, -0.1) is 0 Å². The van der Waals surface area contributed by atoms with Gasteiger partial charge in [0.15, 0.2) is 0 Å². The molecule has 0 radical (unpaired) electrons. The lowest BCUT2D eigenvalue weighted by Gasteiger charge is -2.09. The minimum atomic E-state index is -0.325. The average molecular weight is 452 g/mol. The summed E-state index contributed by atoms with van der Waals surface area (Å²) >= 11 is 11.9. The van der Waals surface area contributed by atoms with Gasteiger partial charge in [0, 0.05) is 30.0 Å². The summed E-state index contributed by atoms with van der Waals surface area (Å²) in [6.07, 6.45) is 2.06. The highest BCUT2D eigenvalue weighted by atomic mass is 35.5. The number of halogens is 3. The van der Waals surface area contributed by atoms with Crippen LogP contribution in [0, 0.1) is 5.82 Å². The predicted molar refractivity (Wildman–Crippen MR) is 112 cm³/mol. The van der Waals surface area contributed by atoms with Crippen molar-refractivity contribution < 1.29 is 18.4 Å². The Kier molecular flexibility index (Phi) is 8.04. The van der Waals surface area contributed by atoms with E-state index in [1.165, 1.54) is 12.1 Å². The first kappa shape index (κ1) is 22.1. The fourth-order valence-electron chi connectivity index (χ4n) is 2.64. The van der Waals surface area contributed by atoms with Crippen LogP contribution in [0.15, 0.2) is 47.0 Å². The lowest BCUT2D eigenvalue weighted by molar-refractivity contribution is -0.121. The van der Waals surface area contributed by atoms with Crippen LogP contribution in [0.1, 0.15) is 25.2 Å². The number of ether oxygens (including phenoxy) is 1. The van der Waals surface area contributed by atoms with Crippen molar-refractivity contribution in [2.45, 2.75) is 25.7 Å². The van der Waals surface area contributed by atoms with Gasteiger partial charge in [0.2, 0.25) is 17.6 Å². The van der Waals surface area contributed by atoms with Crippen molar-refractivity contribution in [3.05, 3.63) is 64.2 Å². The summed E-state index contributed by atoms with van der Waals surface area (Å²) in [6, 6.07) is 10.9. The van der Waals surface area contributed by atoms with E-state index in [2.05, 4.69) is 15.5 Å². The summed E-state index contributed by atoms with van der Waals surface area (Å²) in [6.45, 7) is 0.926. The molecule has 0 saturated carbocycles. The number of hydrogen-bond donors (Lipinski definition) is 1. The van der Waals surface area contributed by atoms with Crippen LogP contribution in [-0.4, -0.2) is 29.2 Å². The van der Waals surface area contributed by atoms with Gasteiger partial charge in [-0.3, -0.25) is 4.79 Å². The second kappa shape index (κ2) is 10.9. The number of nitrogens with zero attached hydrogens (tertiary/aromatic N) is 2. The highest BCUT2D eigenvalue weighted by Gasteiger charge is 2.10. The predicted octanol–water partition coefficient (Wildman–Crippen LogP) is 5.09. The standard InChI is InChI=1S/C21H20Cl2FN3O3/c22-15-7-10-18(17(23)13-15)29-12-2-11-25-19(28)3-1-4-20-26-21(27-30-20)14-5-8-16(24)9-6-14/h5-10,13H,1-4,11-12H2,(H,25,28). The third-order valence-corrected chi connectivity index (χ3v) is 4.69. The van der Waals surface area contributed by atoms with E-state index >= 15 is 0 Å². The van der Waals surface area contributed by atoms with Gasteiger partial charge in [0.1, 0.15) is 11.6 Å². The SMILES string of the molecule is O=C(CCCc1nc(-c2ccc(F)cc2)no1)NCCCOc1ccc(Cl)cc1Cl. The minimum Gasteiger partial charge on any atom is -0.492 e. The first-order valence-electron chi connectivity index (χ1n) is 9.44. The monoisotopic (exact) mass is 451 g/mol. The number of benzene rings is 2. The Balaban J connectivity index is 1.30. The number of carbonyl (C=O) groups is 1. The zero-order chi connectivity index (χ0) is 21.3. The minimum absolute atomic E-state index is 0.0576. The second-order valence-electron chi connectivity index (χ2n) is 6.50. The Morgan fingerprint density at radius 1 is 1.13 bits per heavy atom. The third-order valence-electron chi connectivity index (χ3n) is 4.16. The number of carbonyl (C=O) groups excluding carboxylic acids is 1. The molecule has 1 amide bonds. The molecule has 30 heavy (non-hydrogen) atoms. The molecule has 0 fully saturated rings. The first-order chi connectivity index (χ1) is 14.5. The molecule has 0 saturated heterocycles. The Labute approximate surface area is 183 Å². The summed E-state index contributed by atoms with van der Waals surface area (Å²) in [5.74, 6) is 1.02. The lowest BCUT2D eigenvalue weighted by Crippen LogP contribution is -2.25. The van der Waals surface area contributed by atoms with Crippen molar-refractivity contribution in [2.75, 3.05) is 13.2 Å². The molecule has 1 heterocycles. The molecule has 0 aliphatic heterocycles. The number of nitrogens with one attached hydrogen (secondary N) is 1. The summed E-state index contributed by atoms with van der Waals surface area (Å²) in [5.41, 5.74) is 0.672. The van der Waals surface area contributed by atoms with Gasteiger partial charge in [-0.2, -0.15) is 4.98 Å². The van der Waals surface area contributed by atoms with Crippen LogP contribution >= 0.6 is 23.2 Å². The van der Waals surface area contributed by atoms with Gasteiger partial charge in [0.05, 0.1) is 11.6 Å². The topological polar surface area (TPSA) is 77.2 Å². The molecule has 3 rings (SSSR count). The maximum Gasteiger partial charge on any atom is 0.226 e. The molecule has 6 nitrogen and oxygen atoms in total. The van der Waals surface area contributed by atoms with Crippen LogP contribution in [0.25, 0.3) is 11.4 Å². The number of aromatic nitrogens is 2. The normalized spacial score (nSPS) is 10.8. The van der Waals surface area contributed by atoms with Gasteiger partial charge >= 0.3 is 0 Å². The van der Waals surface area contributed by atoms with E-state index in [9.17, 15) is 9.18 Å². The smallest absolute Gasteiger partial charge is 0.226 e. The summed E-state index contributed by atoms with van der Waals surface area (Å²) in [5, 5.41) is 7.72. The Hall–Kier alpha value is -2.64. The molecule has 1 aromatic heterocycles. The zero-order valence-electron chi connectivity index (χ0n) is 16.0. The van der Waals surface area contributed by atoms with Crippen molar-refractivity contribution >= 4 is 29.1 Å². The highest BCUT2D eigenvalue weighted by molar-refractivity contribution is 6.35. The molecular formula is C21H20Cl2FN3O3. The maximum absolute atomic E-state index is 13.0. The van der Waals surface area contributed by atoms with Crippen LogP contribution < -0.4 is 10.1 Å². The van der Waals surface area contributed by atoms with E-state index in [-0.39, 0.29) is 11.7 Å². The van der Waals surface area contributed by atoms with Crippen molar-refractivity contribution in [3.63, 3.8) is 0 Å². The van der Waals surface area contributed by atoms with Gasteiger partial charge in [-0.1, -0.05) is 28.4 Å². The molecule has 0 atom stereocenters. The molecular weight excluding hydrogens is 432 g/mol. The molecule has 0 aliphatic rings. The number of amides is 1. The van der Waals surface area contributed by atoms with Crippen LogP contribution in [0.2, 0.25) is 10.0 Å². The maximum atomic E-state index is 13.0. The Morgan fingerprint density at radius 2 is 1.93 bits per heavy atom. The number of rotatable bonds is 10. The van der Waals surface area contributed by atoms with Crippen molar-refractivity contribution in [1.82, 2.24) is 15.5 Å². The van der Waals surface area contributed by atoms with Crippen LogP contribution in [-0.2, 0) is 11.2 Å². The second-order valence-corrected chi connectivity index (χ2v) is 7.34. The van der Waals surface area contributed by atoms with E-state index in [1.807, 2.05) is 0 Å². The van der Waals surface area contributed by atoms with E-state index < -0.39 is 0 Å². The molecule has 0 spiro atoms. The number of hydrogen-bond acceptors (Lipinski definition) is 5. The fraction of sp³-hybridized carbons (Fsp3) is 0.286. The van der Waals surface area contributed by atoms with Gasteiger partial charge < -0.3 is 14.6 Å². The van der Waals surface area contributed by atoms with Crippen LogP contribution in [0.4, 0.5) is 4.39 Å². The molecule has 1 N–H and O–H groups in total. The van der Waals surface area contributed by atoms with Crippen molar-refractivity contribution in [3.8, 4) is 17.1 Å². The largest absolute Gasteiger partial charge is 0.492 e. The van der Waals surface area contributed by atoms with Crippen LogP contribution in [0.3, 0.4) is 0 Å². The van der Waals surface area contributed by atoms with Gasteiger partial charge in [-0.25, -0.2) is 4.39 Å². The molecule has 0 aliphatic carbocycles. The summed E-state index contributed by atoms with van der Waals surface area (Å²) in [4.78, 5) is 16.2. The van der Waals surface area contributed by atoms with Gasteiger partial charge in [0.25, 0.3) is 0 Å². The summed E-state index contributed by atoms with van der Waals surface area (Å²) < 4.78 is 23.7. The number of aryl methyl sites for hydroxylation is 1. The molecule has 0 bridgehead atoms. The molecule has 0 unspecified atom stereocenters. The average Bonchev–Trinajstić information content (AvgIpc) is 3.18. The molecule has 9 heteroatoms. The van der Waals surface area contributed by atoms with Crippen molar-refractivity contribution in [2.24, 2.45) is 0 Å². The lowest BCUT2D eigenvalue weighted by atomic mass is 10.2. The van der Waals surface area contributed by atoms with Crippen LogP contribution in [0.5, 0.6) is 5.75 Å². The van der Waals surface area contributed by atoms with Crippen molar-refractivity contribution in [1.29, 1.82) is 0 Å². The van der Waals surface area contributed by atoms with E-state index in [4.69, 9.17) is 32.5 Å². The zero-order valence-corrected chi connectivity index (χ0v) is 17.5. The quantitative estimate of drug-likeness (QED) is 0.434. The first-order valence-corrected chi connectivity index (χ1v) is 10.2. The van der Waals surface area contributed by atoms with Gasteiger partial charge in [-0.05, 0) is 55.3 Å². The van der Waals surface area contributed by atoms with E-state index in [1.54, 1.807) is 30.3 Å². The molecule has 158 valence electrons. The van der Waals surface area contributed by atoms with E-state index in [0.717, 1.165) is 0 Å². The Morgan fingerprint density at radius 3 is 2.70 bits per heavy atom. The molecule has 3 aromatic rings. The molecule has 2 aromatic carbocycles. The van der Waals surface area contributed by atoms with E-state index in [0.29, 0.717) is 71.9 Å². The summed E-state index contributed by atoms with van der Waals surface area (Å²) in [7, 11) is 0. The highest BCUT2D eigenvalue weighted by Crippen LogP contribution is 2.27.